The molecule has 0 saturated carbocycles. The Labute approximate surface area is 728 Å². The van der Waals surface area contributed by atoms with Crippen molar-refractivity contribution >= 4 is 118 Å². The summed E-state index contributed by atoms with van der Waals surface area (Å²) < 4.78 is 0. The van der Waals surface area contributed by atoms with Crippen LogP contribution in [0.15, 0.2) is 473 Å². The van der Waals surface area contributed by atoms with Crippen LogP contribution in [-0.2, 0) is 5.41 Å². The molecule has 1 aliphatic carbocycles. The smallest absolute Gasteiger partial charge is 0.0159 e. The van der Waals surface area contributed by atoms with Crippen molar-refractivity contribution < 1.29 is 0 Å². The quantitative estimate of drug-likeness (QED) is 0.126. The molecule has 24 aromatic rings. The summed E-state index contributed by atoms with van der Waals surface area (Å²) in [6.45, 7) is 4.71. The second-order valence-electron chi connectivity index (χ2n) is 34.0. The van der Waals surface area contributed by atoms with Gasteiger partial charge in [-0.15, -0.1) is 0 Å². The molecule has 0 spiro atoms. The van der Waals surface area contributed by atoms with Gasteiger partial charge in [-0.2, -0.15) is 0 Å². The molecule has 24 aromatic carbocycles. The Morgan fingerprint density at radius 2 is 0.376 bits per heavy atom. The van der Waals surface area contributed by atoms with Gasteiger partial charge in [0.1, 0.15) is 0 Å². The van der Waals surface area contributed by atoms with Gasteiger partial charge >= 0.3 is 0 Å². The second-order valence-corrected chi connectivity index (χ2v) is 34.0. The molecular formula is C125H84. The third-order valence-corrected chi connectivity index (χ3v) is 26.5. The summed E-state index contributed by atoms with van der Waals surface area (Å²) in [7, 11) is 0. The maximum absolute atomic E-state index is 2.43. The molecule has 0 N–H and O–H groups in total. The van der Waals surface area contributed by atoms with Crippen molar-refractivity contribution in [1.29, 1.82) is 0 Å². The highest BCUT2D eigenvalue weighted by Crippen LogP contribution is 2.53. The SMILES string of the molecule is CC1(C)c2ccccc2-c2ccc(-c3ccc4c(-c5ccccc5)c5ccccc5c(-c5ccccc5)c4c3)cc21.c1ccc(-c2ccc3c(-c4ccc5ccccc5c4)c4ccccc4c(-c4ccc5ccccc5c4)c3c2)cc1.c1ccc2cc(-c3c4ccccc4c(-c4ccc5ccccc5c4)c4cc(-c5cccc6ccccc56)ccc34)ccc2c1. The fourth-order valence-electron chi connectivity index (χ4n) is 20.5. The van der Waals surface area contributed by atoms with Crippen molar-refractivity contribution in [2.45, 2.75) is 19.3 Å². The predicted octanol–water partition coefficient (Wildman–Crippen LogP) is 35.1. The molecule has 0 amide bonds. The molecule has 125 heavy (non-hydrogen) atoms. The van der Waals surface area contributed by atoms with Gasteiger partial charge in [0.25, 0.3) is 0 Å². The molecule has 0 bridgehead atoms. The molecule has 0 nitrogen and oxygen atoms in total. The van der Waals surface area contributed by atoms with E-state index in [1.165, 1.54) is 241 Å². The van der Waals surface area contributed by atoms with Crippen LogP contribution in [0.25, 0.3) is 230 Å². The highest BCUT2D eigenvalue weighted by molar-refractivity contribution is 6.26. The number of hydrogen-bond acceptors (Lipinski definition) is 0. The topological polar surface area (TPSA) is 0 Å². The van der Waals surface area contributed by atoms with Crippen molar-refractivity contribution in [2.24, 2.45) is 0 Å². The van der Waals surface area contributed by atoms with E-state index in [1.807, 2.05) is 0 Å². The van der Waals surface area contributed by atoms with Gasteiger partial charge in [-0.3, -0.25) is 0 Å². The standard InChI is InChI=1S/C44H28.C41H30.C40H26/c1-3-13-32-26-35(22-20-29(32)10-1)43-39-17-7-8-18-40(39)44(36-23-21-30-11-2-4-14-33(30)27-36)42-28-34(24-25-41(42)43)38-19-9-15-31-12-5-6-16-37(31)38;1-41(2)37-20-12-11-17-31(37)32-23-21-30(26-38(32)41)29-22-24-35-36(25-29)40(28-15-7-4-8-16-28)34-19-10-9-18-33(34)39(35)27-13-5-3-6-14-27;1-2-10-27(11-3-1)32-22-23-37-38(26-32)40(34-21-19-29-13-5-7-15-31(29)25-34)36-17-9-8-16-35(36)39(37)33-20-18-28-12-4-6-14-30(28)24-33/h1-28H;3-26H,1-2H3;1-26H. The van der Waals surface area contributed by atoms with Crippen molar-refractivity contribution in [3.05, 3.63) is 484 Å². The third-order valence-electron chi connectivity index (χ3n) is 26.5. The summed E-state index contributed by atoms with van der Waals surface area (Å²) in [5.41, 5.74) is 28.2. The Balaban J connectivity index is 0.000000108. The number of fused-ring (bicyclic) bond motifs is 14. The minimum absolute atomic E-state index is 0.0231. The number of hydrogen-bond donors (Lipinski definition) is 0. The fraction of sp³-hybridized carbons (Fsp3) is 0.0240. The van der Waals surface area contributed by atoms with Crippen LogP contribution in [0, 0.1) is 0 Å². The summed E-state index contributed by atoms with van der Waals surface area (Å²) in [5.74, 6) is 0. The Morgan fingerprint density at radius 1 is 0.120 bits per heavy atom. The van der Waals surface area contributed by atoms with Crippen LogP contribution in [0.5, 0.6) is 0 Å². The van der Waals surface area contributed by atoms with Gasteiger partial charge in [-0.1, -0.05) is 438 Å². The average molecular weight is 1590 g/mol. The first-order chi connectivity index (χ1) is 61.8. The summed E-state index contributed by atoms with van der Waals surface area (Å²) >= 11 is 0. The van der Waals surface area contributed by atoms with Crippen LogP contribution >= 0.6 is 0 Å². The van der Waals surface area contributed by atoms with Gasteiger partial charge < -0.3 is 0 Å². The molecule has 0 saturated heterocycles. The van der Waals surface area contributed by atoms with Crippen LogP contribution in [0.2, 0.25) is 0 Å². The largest absolute Gasteiger partial charge is 0.0622 e. The van der Waals surface area contributed by atoms with Gasteiger partial charge in [-0.25, -0.2) is 0 Å². The molecule has 0 heteroatoms. The first kappa shape index (κ1) is 74.2. The van der Waals surface area contributed by atoms with Gasteiger partial charge in [-0.05, 0) is 289 Å². The highest BCUT2D eigenvalue weighted by Gasteiger charge is 2.35. The fourth-order valence-corrected chi connectivity index (χ4v) is 20.5. The zero-order valence-electron chi connectivity index (χ0n) is 69.5. The highest BCUT2D eigenvalue weighted by atomic mass is 14.4. The van der Waals surface area contributed by atoms with Crippen LogP contribution in [0.4, 0.5) is 0 Å². The zero-order valence-corrected chi connectivity index (χ0v) is 69.5. The molecule has 25 rings (SSSR count). The van der Waals surface area contributed by atoms with Crippen molar-refractivity contribution in [3.8, 4) is 111 Å². The van der Waals surface area contributed by atoms with Gasteiger partial charge in [0.15, 0.2) is 0 Å². The van der Waals surface area contributed by atoms with Gasteiger partial charge in [0.2, 0.25) is 0 Å². The van der Waals surface area contributed by atoms with Crippen LogP contribution in [-0.4, -0.2) is 0 Å². The monoisotopic (exact) mass is 1580 g/mol. The number of rotatable bonds is 9. The molecule has 1 aliphatic rings. The molecule has 0 atom stereocenters. The van der Waals surface area contributed by atoms with E-state index in [-0.39, 0.29) is 5.41 Å². The van der Waals surface area contributed by atoms with Crippen molar-refractivity contribution in [1.82, 2.24) is 0 Å². The first-order valence-electron chi connectivity index (χ1n) is 43.6. The molecule has 0 heterocycles. The Hall–Kier alpha value is -15.9. The van der Waals surface area contributed by atoms with Crippen LogP contribution in [0.3, 0.4) is 0 Å². The lowest BCUT2D eigenvalue weighted by atomic mass is 9.81. The first-order valence-corrected chi connectivity index (χ1v) is 43.6. The van der Waals surface area contributed by atoms with E-state index in [2.05, 4.69) is 487 Å². The summed E-state index contributed by atoms with van der Waals surface area (Å²) in [4.78, 5) is 0. The summed E-state index contributed by atoms with van der Waals surface area (Å²) in [5, 5.41) is 27.9. The summed E-state index contributed by atoms with van der Waals surface area (Å²) in [6.07, 6.45) is 0. The van der Waals surface area contributed by atoms with E-state index in [1.54, 1.807) is 0 Å². The Bertz CT molecular complexity index is 8410. The van der Waals surface area contributed by atoms with E-state index in [9.17, 15) is 0 Å². The van der Waals surface area contributed by atoms with E-state index in [4.69, 9.17) is 0 Å². The lowest BCUT2D eigenvalue weighted by Gasteiger charge is -2.22. The Kier molecular flexibility index (Phi) is 18.4. The van der Waals surface area contributed by atoms with Crippen LogP contribution in [0.1, 0.15) is 25.0 Å². The predicted molar refractivity (Wildman–Crippen MR) is 538 cm³/mol. The van der Waals surface area contributed by atoms with Crippen molar-refractivity contribution in [3.63, 3.8) is 0 Å². The van der Waals surface area contributed by atoms with E-state index in [0.29, 0.717) is 0 Å². The molecular weight excluding hydrogens is 1500 g/mol. The maximum Gasteiger partial charge on any atom is 0.0159 e. The normalized spacial score (nSPS) is 12.1. The maximum atomic E-state index is 2.43. The number of benzene rings is 24. The summed E-state index contributed by atoms with van der Waals surface area (Å²) in [6, 6.07) is 174. The molecule has 0 fully saturated rings. The van der Waals surface area contributed by atoms with Crippen LogP contribution < -0.4 is 0 Å². The lowest BCUT2D eigenvalue weighted by molar-refractivity contribution is 0.660. The Morgan fingerprint density at radius 3 is 0.800 bits per heavy atom. The molecule has 0 radical (unpaired) electrons. The lowest BCUT2D eigenvalue weighted by Crippen LogP contribution is -2.14. The molecule has 0 aliphatic heterocycles. The zero-order chi connectivity index (χ0) is 83.1. The minimum atomic E-state index is -0.0231. The second kappa shape index (κ2) is 31.0. The average Bonchev–Trinajstić information content (AvgIpc) is 1.49. The van der Waals surface area contributed by atoms with Gasteiger partial charge in [0.05, 0.1) is 0 Å². The molecule has 0 unspecified atom stereocenters. The van der Waals surface area contributed by atoms with E-state index in [0.717, 1.165) is 0 Å². The molecule has 584 valence electrons. The van der Waals surface area contributed by atoms with Gasteiger partial charge in [0, 0.05) is 5.41 Å². The minimum Gasteiger partial charge on any atom is -0.0622 e. The van der Waals surface area contributed by atoms with E-state index < -0.39 is 0 Å². The third kappa shape index (κ3) is 13.1. The van der Waals surface area contributed by atoms with E-state index >= 15 is 0 Å². The molecule has 0 aromatic heterocycles. The van der Waals surface area contributed by atoms with Crippen molar-refractivity contribution in [2.75, 3.05) is 0 Å².